The molecule has 21 heteroatoms. The largest absolute Gasteiger partial charge is 0.480 e. The molecule has 4 N–H and O–H groups in total. The molecule has 2 saturated carbocycles. The number of carboxylic acids is 1. The Hall–Kier alpha value is -5.74. The van der Waals surface area contributed by atoms with Gasteiger partial charge in [-0.2, -0.15) is 10.1 Å². The van der Waals surface area contributed by atoms with Crippen LogP contribution in [-0.2, 0) is 51.6 Å². The number of ether oxygens (including phenoxy) is 2. The highest BCUT2D eigenvalue weighted by Crippen LogP contribution is 2.33. The SMILES string of the molecule is CN(C(=O)OC(C)(C)C)C1CCC(ON)C1.CN(C(=O)OC(C)(C)C)C1CCC(ONC(=O)[C@@H]2CC[C@@H]3CN2C(=O)N3OCc2ccccc2)C1.O=C(O)[C@@H]1CC[C@@H]2CN1C(=O)N2OCc1ccccc1. The number of carboxylic acid groups (broad SMARTS) is 1. The zero-order valence-electron chi connectivity index (χ0n) is 42.4. The summed E-state index contributed by atoms with van der Waals surface area (Å²) in [5.41, 5.74) is 3.52. The standard InChI is InChI=1S/C25H36N4O6.C14H16N2O4.C11H22N2O3/c1-25(2,3)34-24(32)27(4)18-10-12-20(14-18)35-26-22(30)21-13-11-19-15-28(21)23(31)29(19)33-16-17-8-6-5-7-9-17;17-13(18)12-7-6-11-8-15(12)14(19)16(11)20-9-10-4-2-1-3-5-10;1-11(2,3)15-10(14)13(4)8-5-6-9(7-8)16-12/h5-9,18-21H,10-16H2,1-4H3,(H,26,30);1-5,11-12H,6-9H2,(H,17,18);8-9H,5-7,12H2,1-4H3/t18?,19-,20?,21+;11-,12+;/m11./s1. The van der Waals surface area contributed by atoms with Crippen LogP contribution in [0.3, 0.4) is 0 Å². The van der Waals surface area contributed by atoms with E-state index in [9.17, 15) is 28.8 Å². The highest BCUT2D eigenvalue weighted by Gasteiger charge is 2.49. The predicted octanol–water partition coefficient (Wildman–Crippen LogP) is 6.36. The number of nitrogens with zero attached hydrogens (tertiary/aromatic N) is 6. The maximum atomic E-state index is 12.9. The summed E-state index contributed by atoms with van der Waals surface area (Å²) >= 11 is 0. The van der Waals surface area contributed by atoms with Crippen LogP contribution in [0.25, 0.3) is 0 Å². The monoisotopic (exact) mass is 995 g/mol. The molecule has 0 spiro atoms. The van der Waals surface area contributed by atoms with Crippen LogP contribution in [0.2, 0.25) is 0 Å². The number of piperidine rings is 2. The molecule has 21 nitrogen and oxygen atoms in total. The van der Waals surface area contributed by atoms with Crippen LogP contribution in [0.4, 0.5) is 19.2 Å². The van der Waals surface area contributed by atoms with E-state index >= 15 is 0 Å². The fourth-order valence-corrected chi connectivity index (χ4v) is 9.51. The Labute approximate surface area is 416 Å². The van der Waals surface area contributed by atoms with Crippen molar-refractivity contribution in [3.8, 4) is 0 Å². The van der Waals surface area contributed by atoms with Crippen molar-refractivity contribution >= 4 is 36.1 Å². The maximum Gasteiger partial charge on any atom is 0.410 e. The highest BCUT2D eigenvalue weighted by molar-refractivity contribution is 5.88. The first-order chi connectivity index (χ1) is 33.6. The van der Waals surface area contributed by atoms with Crippen molar-refractivity contribution in [3.63, 3.8) is 0 Å². The molecule has 6 aliphatic rings. The Morgan fingerprint density at radius 2 is 1.06 bits per heavy atom. The summed E-state index contributed by atoms with van der Waals surface area (Å²) in [4.78, 5) is 101. The lowest BCUT2D eigenvalue weighted by Gasteiger charge is -2.29. The number of nitrogens with one attached hydrogen (secondary N) is 1. The number of amides is 7. The van der Waals surface area contributed by atoms with Gasteiger partial charge in [-0.05, 0) is 117 Å². The van der Waals surface area contributed by atoms with Gasteiger partial charge in [0.25, 0.3) is 5.91 Å². The van der Waals surface area contributed by atoms with Crippen molar-refractivity contribution in [2.75, 3.05) is 27.2 Å². The molecule has 0 radical (unpaired) electrons. The summed E-state index contributed by atoms with van der Waals surface area (Å²) in [7, 11) is 3.49. The molecule has 0 aromatic heterocycles. The van der Waals surface area contributed by atoms with E-state index in [2.05, 4.69) is 5.48 Å². The minimum Gasteiger partial charge on any atom is -0.480 e. The third-order valence-electron chi connectivity index (χ3n) is 13.4. The van der Waals surface area contributed by atoms with E-state index in [1.54, 1.807) is 28.8 Å². The molecular weight excluding hydrogens is 921 g/mol. The predicted molar refractivity (Wildman–Crippen MR) is 257 cm³/mol. The van der Waals surface area contributed by atoms with Gasteiger partial charge in [-0.25, -0.2) is 35.3 Å². The molecule has 6 fully saturated rings. The van der Waals surface area contributed by atoms with Gasteiger partial charge >= 0.3 is 30.2 Å². The lowest BCUT2D eigenvalue weighted by molar-refractivity contribution is -0.144. The Bertz CT molecular complexity index is 2120. The van der Waals surface area contributed by atoms with Gasteiger partial charge in [0.2, 0.25) is 0 Å². The summed E-state index contributed by atoms with van der Waals surface area (Å²) < 4.78 is 10.7. The van der Waals surface area contributed by atoms with E-state index in [0.29, 0.717) is 64.8 Å². The molecule has 2 aromatic rings. The first-order valence-corrected chi connectivity index (χ1v) is 24.6. The van der Waals surface area contributed by atoms with E-state index in [1.165, 1.54) is 15.0 Å². The van der Waals surface area contributed by atoms with Crippen molar-refractivity contribution in [2.24, 2.45) is 5.90 Å². The number of hydrogen-bond donors (Lipinski definition) is 3. The van der Waals surface area contributed by atoms with Crippen molar-refractivity contribution in [1.29, 1.82) is 0 Å². The summed E-state index contributed by atoms with van der Waals surface area (Å²) in [6, 6.07) is 17.4. The molecule has 4 bridgehead atoms. The summed E-state index contributed by atoms with van der Waals surface area (Å²) in [5.74, 6) is 3.87. The number of fused-ring (bicyclic) bond motifs is 4. The summed E-state index contributed by atoms with van der Waals surface area (Å²) in [6.45, 7) is 12.6. The minimum absolute atomic E-state index is 0.0160. The lowest BCUT2D eigenvalue weighted by Crippen LogP contribution is -2.50. The van der Waals surface area contributed by atoms with Gasteiger partial charge in [0.05, 0.1) is 24.3 Å². The van der Waals surface area contributed by atoms with Crippen LogP contribution in [0.1, 0.15) is 117 Å². The first kappa shape index (κ1) is 54.6. The number of carbonyl (C=O) groups excluding carboxylic acids is 5. The molecule has 2 aliphatic carbocycles. The van der Waals surface area contributed by atoms with Gasteiger partial charge < -0.3 is 39.0 Å². The molecule has 2 aromatic carbocycles. The van der Waals surface area contributed by atoms with Gasteiger partial charge in [0.1, 0.15) is 36.5 Å². The molecule has 8 rings (SSSR count). The second-order valence-electron chi connectivity index (χ2n) is 21.0. The van der Waals surface area contributed by atoms with E-state index in [1.807, 2.05) is 102 Å². The van der Waals surface area contributed by atoms with Gasteiger partial charge in [-0.15, -0.1) is 0 Å². The number of nitrogens with two attached hydrogens (primary N) is 1. The average Bonchev–Trinajstić information content (AvgIpc) is 4.12. The zero-order valence-corrected chi connectivity index (χ0v) is 42.4. The van der Waals surface area contributed by atoms with E-state index in [-0.39, 0.29) is 66.5 Å². The fraction of sp³-hybridized carbons (Fsp3) is 0.640. The van der Waals surface area contributed by atoms with Crippen molar-refractivity contribution < 1.29 is 62.7 Å². The third kappa shape index (κ3) is 14.9. The Kier molecular flexibility index (Phi) is 18.5. The average molecular weight is 995 g/mol. The molecule has 4 saturated heterocycles. The van der Waals surface area contributed by atoms with Crippen LogP contribution < -0.4 is 11.4 Å². The van der Waals surface area contributed by atoms with Gasteiger partial charge in [0.15, 0.2) is 0 Å². The Balaban J connectivity index is 0.000000193. The van der Waals surface area contributed by atoms with E-state index < -0.39 is 29.3 Å². The normalized spacial score (nSPS) is 25.7. The number of urea groups is 2. The zero-order chi connectivity index (χ0) is 51.6. The second kappa shape index (κ2) is 24.1. The van der Waals surface area contributed by atoms with Gasteiger partial charge in [-0.3, -0.25) is 19.3 Å². The van der Waals surface area contributed by atoms with E-state index in [0.717, 1.165) is 36.8 Å². The fourth-order valence-electron chi connectivity index (χ4n) is 9.51. The number of hydrogen-bond acceptors (Lipinski definition) is 13. The molecule has 392 valence electrons. The number of aliphatic carboxylic acids is 1. The number of benzene rings is 2. The summed E-state index contributed by atoms with van der Waals surface area (Å²) in [5, 5.41) is 11.9. The first-order valence-electron chi connectivity index (χ1n) is 24.6. The number of hydroxylamine groups is 5. The Morgan fingerprint density at radius 3 is 1.48 bits per heavy atom. The van der Waals surface area contributed by atoms with Crippen LogP contribution in [-0.4, -0.2) is 158 Å². The minimum atomic E-state index is -0.943. The smallest absolute Gasteiger partial charge is 0.410 e. The second-order valence-corrected chi connectivity index (χ2v) is 21.0. The van der Waals surface area contributed by atoms with Crippen molar-refractivity contribution in [3.05, 3.63) is 71.8 Å². The molecule has 4 aliphatic heterocycles. The molecule has 4 heterocycles. The van der Waals surface area contributed by atoms with Gasteiger partial charge in [0, 0.05) is 39.3 Å². The molecular formula is C50H74N8O13. The summed E-state index contributed by atoms with van der Waals surface area (Å²) in [6.07, 6.45) is 6.27. The van der Waals surface area contributed by atoms with Crippen LogP contribution >= 0.6 is 0 Å². The van der Waals surface area contributed by atoms with Crippen molar-refractivity contribution in [2.45, 2.75) is 179 Å². The molecule has 71 heavy (non-hydrogen) atoms. The molecule has 8 atom stereocenters. The number of carbonyl (C=O) groups is 6. The van der Waals surface area contributed by atoms with Gasteiger partial charge in [-0.1, -0.05) is 60.7 Å². The van der Waals surface area contributed by atoms with E-state index in [4.69, 9.17) is 39.8 Å². The lowest BCUT2D eigenvalue weighted by atomic mass is 10.0. The highest BCUT2D eigenvalue weighted by atomic mass is 16.7. The number of rotatable bonds is 13. The topological polar surface area (TPSA) is 236 Å². The van der Waals surface area contributed by atoms with Crippen LogP contribution in [0, 0.1) is 0 Å². The van der Waals surface area contributed by atoms with Crippen molar-refractivity contribution in [1.82, 2.24) is 35.2 Å². The third-order valence-corrected chi connectivity index (χ3v) is 13.4. The molecule has 4 unspecified atom stereocenters. The molecule has 7 amide bonds. The van der Waals surface area contributed by atoms with Crippen LogP contribution in [0.15, 0.2) is 60.7 Å². The maximum absolute atomic E-state index is 12.9. The van der Waals surface area contributed by atoms with Crippen LogP contribution in [0.5, 0.6) is 0 Å². The Morgan fingerprint density at radius 1 is 0.634 bits per heavy atom. The quantitative estimate of drug-likeness (QED) is 0.185.